The van der Waals surface area contributed by atoms with Crippen LogP contribution in [0.2, 0.25) is 0 Å². The monoisotopic (exact) mass is 313 g/mol. The smallest absolute Gasteiger partial charge is 0.0164 e. The first-order valence-corrected chi connectivity index (χ1v) is 10.4. The highest BCUT2D eigenvalue weighted by atomic mass is 15.2. The number of hydrogen-bond donors (Lipinski definition) is 0. The lowest BCUT2D eigenvalue weighted by Crippen LogP contribution is -2.55. The lowest BCUT2D eigenvalue weighted by Gasteiger charge is -2.50. The first-order valence-electron chi connectivity index (χ1n) is 10.4. The van der Waals surface area contributed by atoms with Gasteiger partial charge in [-0.05, 0) is 69.1 Å². The number of hydrogen-bond acceptors (Lipinski definition) is 1. The van der Waals surface area contributed by atoms with Crippen LogP contribution < -0.4 is 0 Å². The van der Waals surface area contributed by atoms with Crippen molar-refractivity contribution in [3.8, 4) is 0 Å². The van der Waals surface area contributed by atoms with Crippen LogP contribution in [0.1, 0.15) is 77.0 Å². The van der Waals surface area contributed by atoms with Crippen molar-refractivity contribution < 1.29 is 0 Å². The molecule has 0 bridgehead atoms. The second-order valence-corrected chi connectivity index (χ2v) is 8.67. The van der Waals surface area contributed by atoms with E-state index in [-0.39, 0.29) is 0 Å². The van der Waals surface area contributed by atoms with Crippen LogP contribution >= 0.6 is 0 Å². The summed E-state index contributed by atoms with van der Waals surface area (Å²) in [4.78, 5) is 3.10. The number of nitrogens with zero attached hydrogens (tertiary/aromatic N) is 1. The fraction of sp³-hybridized carbons (Fsp3) is 0.818. The van der Waals surface area contributed by atoms with Crippen molar-refractivity contribution in [1.29, 1.82) is 0 Å². The SMILES string of the molecule is C=CC1CCC(N2C3CCCCC3C=CC3CCCCC32)CC1. The average molecular weight is 314 g/mol. The molecule has 3 saturated carbocycles. The van der Waals surface area contributed by atoms with Gasteiger partial charge in [0, 0.05) is 18.1 Å². The van der Waals surface area contributed by atoms with Crippen LogP contribution in [0, 0.1) is 17.8 Å². The van der Waals surface area contributed by atoms with E-state index in [1.54, 1.807) is 0 Å². The first kappa shape index (κ1) is 15.9. The van der Waals surface area contributed by atoms with Crippen LogP contribution in [0.5, 0.6) is 0 Å². The van der Waals surface area contributed by atoms with Crippen molar-refractivity contribution in [2.45, 2.75) is 95.2 Å². The van der Waals surface area contributed by atoms with E-state index in [0.29, 0.717) is 0 Å². The number of fused-ring (bicyclic) bond motifs is 2. The Bertz CT molecular complexity index is 405. The van der Waals surface area contributed by atoms with Gasteiger partial charge in [-0.2, -0.15) is 0 Å². The molecule has 0 aromatic carbocycles. The van der Waals surface area contributed by atoms with Gasteiger partial charge in [-0.25, -0.2) is 0 Å². The highest BCUT2D eigenvalue weighted by molar-refractivity contribution is 5.09. The van der Waals surface area contributed by atoms with E-state index in [4.69, 9.17) is 0 Å². The molecule has 0 amide bonds. The predicted molar refractivity (Wildman–Crippen MR) is 98.4 cm³/mol. The summed E-state index contributed by atoms with van der Waals surface area (Å²) in [5, 5.41) is 0. The summed E-state index contributed by atoms with van der Waals surface area (Å²) in [6, 6.07) is 2.58. The van der Waals surface area contributed by atoms with Crippen LogP contribution in [-0.2, 0) is 0 Å². The van der Waals surface area contributed by atoms with Crippen LogP contribution in [0.25, 0.3) is 0 Å². The molecule has 4 unspecified atom stereocenters. The van der Waals surface area contributed by atoms with Crippen molar-refractivity contribution in [2.75, 3.05) is 0 Å². The van der Waals surface area contributed by atoms with Crippen molar-refractivity contribution in [3.05, 3.63) is 24.8 Å². The van der Waals surface area contributed by atoms with Gasteiger partial charge < -0.3 is 0 Å². The zero-order valence-electron chi connectivity index (χ0n) is 14.8. The molecular weight excluding hydrogens is 278 g/mol. The molecule has 0 saturated heterocycles. The fourth-order valence-corrected chi connectivity index (χ4v) is 6.18. The third kappa shape index (κ3) is 3.18. The summed E-state index contributed by atoms with van der Waals surface area (Å²) in [6.07, 6.45) is 24.8. The normalized spacial score (nSPS) is 44.9. The maximum Gasteiger partial charge on any atom is 0.0164 e. The van der Waals surface area contributed by atoms with Gasteiger partial charge in [0.1, 0.15) is 0 Å². The molecule has 1 heterocycles. The van der Waals surface area contributed by atoms with Gasteiger partial charge in [-0.1, -0.05) is 43.9 Å². The van der Waals surface area contributed by atoms with Crippen molar-refractivity contribution in [1.82, 2.24) is 4.90 Å². The van der Waals surface area contributed by atoms with Crippen LogP contribution in [0.3, 0.4) is 0 Å². The molecule has 0 N–H and O–H groups in total. The zero-order valence-corrected chi connectivity index (χ0v) is 14.8. The minimum absolute atomic E-state index is 0.792. The number of rotatable bonds is 2. The second-order valence-electron chi connectivity index (χ2n) is 8.67. The standard InChI is InChI=1S/C22H35N/c1-2-17-11-15-20(16-12-17)23-21-9-5-3-7-18(21)13-14-19-8-4-6-10-22(19)23/h2,13-14,17-22H,1,3-12,15-16H2. The van der Waals surface area contributed by atoms with Crippen LogP contribution in [0.4, 0.5) is 0 Å². The second kappa shape index (κ2) is 7.13. The molecule has 0 aromatic heterocycles. The summed E-state index contributed by atoms with van der Waals surface area (Å²) in [6.45, 7) is 4.04. The van der Waals surface area contributed by atoms with E-state index in [1.807, 2.05) is 0 Å². The molecule has 23 heavy (non-hydrogen) atoms. The van der Waals surface area contributed by atoms with E-state index in [2.05, 4.69) is 29.7 Å². The van der Waals surface area contributed by atoms with Gasteiger partial charge in [0.05, 0.1) is 0 Å². The van der Waals surface area contributed by atoms with E-state index in [9.17, 15) is 0 Å². The van der Waals surface area contributed by atoms with Crippen LogP contribution in [-0.4, -0.2) is 23.0 Å². The lowest BCUT2D eigenvalue weighted by molar-refractivity contribution is -0.00570. The van der Waals surface area contributed by atoms with Gasteiger partial charge in [-0.3, -0.25) is 4.90 Å². The molecule has 3 fully saturated rings. The summed E-state index contributed by atoms with van der Waals surface area (Å²) >= 11 is 0. The Labute approximate surface area is 143 Å². The fourth-order valence-electron chi connectivity index (χ4n) is 6.18. The van der Waals surface area contributed by atoms with Gasteiger partial charge >= 0.3 is 0 Å². The Hall–Kier alpha value is -0.560. The maximum atomic E-state index is 4.04. The average Bonchev–Trinajstić information content (AvgIpc) is 2.79. The molecule has 0 aromatic rings. The molecular formula is C22H35N. The highest BCUT2D eigenvalue weighted by Gasteiger charge is 2.42. The first-order chi connectivity index (χ1) is 11.4. The summed E-state index contributed by atoms with van der Waals surface area (Å²) in [5.41, 5.74) is 0. The molecule has 128 valence electrons. The summed E-state index contributed by atoms with van der Waals surface area (Å²) in [7, 11) is 0. The molecule has 4 atom stereocenters. The van der Waals surface area contributed by atoms with Gasteiger partial charge in [0.15, 0.2) is 0 Å². The summed E-state index contributed by atoms with van der Waals surface area (Å²) in [5.74, 6) is 2.50. The largest absolute Gasteiger partial charge is 0.293 e. The molecule has 1 nitrogen and oxygen atoms in total. The van der Waals surface area contributed by atoms with Crippen LogP contribution in [0.15, 0.2) is 24.8 Å². The van der Waals surface area contributed by atoms with Gasteiger partial charge in [0.25, 0.3) is 0 Å². The molecule has 0 spiro atoms. The Morgan fingerprint density at radius 1 is 0.696 bits per heavy atom. The molecule has 1 heteroatoms. The van der Waals surface area contributed by atoms with E-state index < -0.39 is 0 Å². The van der Waals surface area contributed by atoms with Gasteiger partial charge in [-0.15, -0.1) is 6.58 Å². The Balaban J connectivity index is 1.58. The van der Waals surface area contributed by atoms with Crippen molar-refractivity contribution >= 4 is 0 Å². The Kier molecular flexibility index (Phi) is 4.94. The van der Waals surface area contributed by atoms with Crippen molar-refractivity contribution in [3.63, 3.8) is 0 Å². The molecule has 3 aliphatic carbocycles. The molecule has 4 rings (SSSR count). The Morgan fingerprint density at radius 2 is 1.22 bits per heavy atom. The third-order valence-electron chi connectivity index (χ3n) is 7.43. The molecule has 1 aliphatic heterocycles. The zero-order chi connectivity index (χ0) is 15.6. The summed E-state index contributed by atoms with van der Waals surface area (Å²) < 4.78 is 0. The topological polar surface area (TPSA) is 3.24 Å². The highest BCUT2D eigenvalue weighted by Crippen LogP contribution is 2.43. The molecule has 4 aliphatic rings. The minimum atomic E-state index is 0.792. The third-order valence-corrected chi connectivity index (χ3v) is 7.43. The number of allylic oxidation sites excluding steroid dienone is 1. The predicted octanol–water partition coefficient (Wildman–Crippen LogP) is 5.72. The van der Waals surface area contributed by atoms with E-state index in [1.165, 1.54) is 77.0 Å². The quantitative estimate of drug-likeness (QED) is 0.589. The van der Waals surface area contributed by atoms with E-state index >= 15 is 0 Å². The lowest BCUT2D eigenvalue weighted by atomic mass is 9.78. The minimum Gasteiger partial charge on any atom is -0.293 e. The van der Waals surface area contributed by atoms with Crippen molar-refractivity contribution in [2.24, 2.45) is 17.8 Å². The Morgan fingerprint density at radius 3 is 1.74 bits per heavy atom. The van der Waals surface area contributed by atoms with E-state index in [0.717, 1.165) is 35.9 Å². The molecule has 0 radical (unpaired) electrons. The van der Waals surface area contributed by atoms with Gasteiger partial charge in [0.2, 0.25) is 0 Å². The maximum absolute atomic E-state index is 4.04.